The molecule has 0 aromatic rings. The largest absolute Gasteiger partial charge is 0.481 e. The molecule has 14 heavy (non-hydrogen) atoms. The molecule has 4 nitrogen and oxygen atoms in total. The summed E-state index contributed by atoms with van der Waals surface area (Å²) in [6.07, 6.45) is 3.02. The Hall–Kier alpha value is -0.610. The third kappa shape index (κ3) is 2.07. The first-order chi connectivity index (χ1) is 6.60. The number of carboxylic acids is 1. The number of ether oxygens (including phenoxy) is 2. The number of hydrogen-bond acceptors (Lipinski definition) is 3. The molecule has 1 saturated heterocycles. The van der Waals surface area contributed by atoms with E-state index in [9.17, 15) is 4.79 Å². The van der Waals surface area contributed by atoms with Gasteiger partial charge in [-0.05, 0) is 26.2 Å². The molecule has 0 aromatic heterocycles. The van der Waals surface area contributed by atoms with E-state index in [1.807, 2.05) is 6.92 Å². The highest BCUT2D eigenvalue weighted by molar-refractivity contribution is 5.66. The topological polar surface area (TPSA) is 55.8 Å². The second-order valence-electron chi connectivity index (χ2n) is 4.27. The normalized spacial score (nSPS) is 37.4. The molecule has 1 aliphatic carbocycles. The molecular weight excluding hydrogens is 184 g/mol. The lowest BCUT2D eigenvalue weighted by Crippen LogP contribution is -2.29. The number of aliphatic carboxylic acids is 1. The predicted molar refractivity (Wildman–Crippen MR) is 48.8 cm³/mol. The summed E-state index contributed by atoms with van der Waals surface area (Å²) in [6, 6.07) is 0. The second-order valence-corrected chi connectivity index (χ2v) is 4.27. The Morgan fingerprint density at radius 1 is 1.57 bits per heavy atom. The minimum atomic E-state index is -0.770. The molecule has 1 aliphatic heterocycles. The summed E-state index contributed by atoms with van der Waals surface area (Å²) in [5.74, 6) is -0.672. The van der Waals surface area contributed by atoms with Crippen molar-refractivity contribution in [2.45, 2.75) is 44.5 Å². The second kappa shape index (κ2) is 3.51. The number of carbonyl (C=O) groups is 1. The fourth-order valence-corrected chi connectivity index (χ4v) is 1.91. The SMILES string of the molecule is CC1(C2CC2)OCC(CCC(=O)O)O1. The zero-order valence-corrected chi connectivity index (χ0v) is 8.36. The summed E-state index contributed by atoms with van der Waals surface area (Å²) >= 11 is 0. The fraction of sp³-hybridized carbons (Fsp3) is 0.900. The van der Waals surface area contributed by atoms with Gasteiger partial charge in [0.1, 0.15) is 0 Å². The van der Waals surface area contributed by atoms with E-state index in [4.69, 9.17) is 14.6 Å². The third-order valence-corrected chi connectivity index (χ3v) is 2.96. The first-order valence-corrected chi connectivity index (χ1v) is 5.14. The molecule has 2 aliphatic rings. The summed E-state index contributed by atoms with van der Waals surface area (Å²) < 4.78 is 11.3. The van der Waals surface area contributed by atoms with Gasteiger partial charge in [0.2, 0.25) is 0 Å². The zero-order valence-electron chi connectivity index (χ0n) is 8.36. The van der Waals surface area contributed by atoms with E-state index in [2.05, 4.69) is 0 Å². The minimum absolute atomic E-state index is 0.0308. The van der Waals surface area contributed by atoms with E-state index in [-0.39, 0.29) is 12.5 Å². The molecule has 0 spiro atoms. The van der Waals surface area contributed by atoms with Crippen LogP contribution in [0.15, 0.2) is 0 Å². The smallest absolute Gasteiger partial charge is 0.303 e. The van der Waals surface area contributed by atoms with E-state index in [1.165, 1.54) is 12.8 Å². The molecule has 2 unspecified atom stereocenters. The fourth-order valence-electron chi connectivity index (χ4n) is 1.91. The molecule has 1 N–H and O–H groups in total. The van der Waals surface area contributed by atoms with Crippen LogP contribution in [0.4, 0.5) is 0 Å². The van der Waals surface area contributed by atoms with Crippen LogP contribution >= 0.6 is 0 Å². The van der Waals surface area contributed by atoms with Gasteiger partial charge in [-0.1, -0.05) is 0 Å². The highest BCUT2D eigenvalue weighted by atomic mass is 16.7. The Labute approximate surface area is 83.2 Å². The Bertz CT molecular complexity index is 236. The van der Waals surface area contributed by atoms with Crippen LogP contribution in [0.1, 0.15) is 32.6 Å². The quantitative estimate of drug-likeness (QED) is 0.745. The first kappa shape index (κ1) is 9.93. The van der Waals surface area contributed by atoms with E-state index < -0.39 is 11.8 Å². The van der Waals surface area contributed by atoms with Crippen molar-refractivity contribution in [3.8, 4) is 0 Å². The van der Waals surface area contributed by atoms with Crippen LogP contribution in [0.25, 0.3) is 0 Å². The van der Waals surface area contributed by atoms with Crippen LogP contribution in [0.3, 0.4) is 0 Å². The van der Waals surface area contributed by atoms with Crippen LogP contribution in [-0.4, -0.2) is 29.6 Å². The molecule has 2 fully saturated rings. The van der Waals surface area contributed by atoms with Gasteiger partial charge in [0.25, 0.3) is 0 Å². The zero-order chi connectivity index (χ0) is 10.2. The average Bonchev–Trinajstić information content (AvgIpc) is 2.89. The van der Waals surface area contributed by atoms with Gasteiger partial charge in [-0.15, -0.1) is 0 Å². The van der Waals surface area contributed by atoms with Crippen LogP contribution in [0, 0.1) is 5.92 Å². The molecule has 0 radical (unpaired) electrons. The number of hydrogen-bond donors (Lipinski definition) is 1. The Morgan fingerprint density at radius 3 is 2.86 bits per heavy atom. The maximum absolute atomic E-state index is 10.4. The lowest BCUT2D eigenvalue weighted by Gasteiger charge is -2.22. The van der Waals surface area contributed by atoms with Gasteiger partial charge in [-0.25, -0.2) is 0 Å². The average molecular weight is 200 g/mol. The van der Waals surface area contributed by atoms with Crippen LogP contribution in [-0.2, 0) is 14.3 Å². The van der Waals surface area contributed by atoms with Crippen molar-refractivity contribution >= 4 is 5.97 Å². The van der Waals surface area contributed by atoms with Crippen molar-refractivity contribution in [1.29, 1.82) is 0 Å². The molecule has 2 rings (SSSR count). The third-order valence-electron chi connectivity index (χ3n) is 2.96. The van der Waals surface area contributed by atoms with E-state index in [0.29, 0.717) is 18.9 Å². The minimum Gasteiger partial charge on any atom is -0.481 e. The van der Waals surface area contributed by atoms with Crippen LogP contribution < -0.4 is 0 Å². The maximum atomic E-state index is 10.4. The molecule has 1 heterocycles. The Kier molecular flexibility index (Phi) is 2.49. The summed E-state index contributed by atoms with van der Waals surface area (Å²) in [4.78, 5) is 10.4. The summed E-state index contributed by atoms with van der Waals surface area (Å²) in [6.45, 7) is 2.51. The molecule has 0 amide bonds. The van der Waals surface area contributed by atoms with E-state index in [0.717, 1.165) is 0 Å². The number of carboxylic acid groups (broad SMARTS) is 1. The lowest BCUT2D eigenvalue weighted by atomic mass is 10.2. The Morgan fingerprint density at radius 2 is 2.29 bits per heavy atom. The van der Waals surface area contributed by atoms with Crippen molar-refractivity contribution in [3.05, 3.63) is 0 Å². The van der Waals surface area contributed by atoms with Gasteiger partial charge in [0.15, 0.2) is 5.79 Å². The van der Waals surface area contributed by atoms with Crippen molar-refractivity contribution in [1.82, 2.24) is 0 Å². The lowest BCUT2D eigenvalue weighted by molar-refractivity contribution is -0.170. The molecule has 0 aromatic carbocycles. The van der Waals surface area contributed by atoms with Crippen molar-refractivity contribution < 1.29 is 19.4 Å². The summed E-state index contributed by atoms with van der Waals surface area (Å²) in [5.41, 5.74) is 0. The first-order valence-electron chi connectivity index (χ1n) is 5.14. The molecule has 1 saturated carbocycles. The van der Waals surface area contributed by atoms with Crippen LogP contribution in [0.2, 0.25) is 0 Å². The van der Waals surface area contributed by atoms with Crippen LogP contribution in [0.5, 0.6) is 0 Å². The maximum Gasteiger partial charge on any atom is 0.303 e. The monoisotopic (exact) mass is 200 g/mol. The predicted octanol–water partition coefficient (Wildman–Crippen LogP) is 1.39. The van der Waals surface area contributed by atoms with Crippen molar-refractivity contribution in [2.75, 3.05) is 6.61 Å². The molecule has 80 valence electrons. The van der Waals surface area contributed by atoms with Gasteiger partial charge < -0.3 is 14.6 Å². The van der Waals surface area contributed by atoms with Crippen molar-refractivity contribution in [3.63, 3.8) is 0 Å². The van der Waals surface area contributed by atoms with Gasteiger partial charge in [0, 0.05) is 12.3 Å². The standard InChI is InChI=1S/C10H16O4/c1-10(7-2-3-7)13-6-8(14-10)4-5-9(11)12/h7-8H,2-6H2,1H3,(H,11,12). The molecule has 0 bridgehead atoms. The molecule has 2 atom stereocenters. The molecular formula is C10H16O4. The highest BCUT2D eigenvalue weighted by Crippen LogP contribution is 2.45. The number of rotatable bonds is 4. The van der Waals surface area contributed by atoms with Gasteiger partial charge in [-0.2, -0.15) is 0 Å². The molecule has 4 heteroatoms. The van der Waals surface area contributed by atoms with E-state index in [1.54, 1.807) is 0 Å². The van der Waals surface area contributed by atoms with E-state index >= 15 is 0 Å². The van der Waals surface area contributed by atoms with Crippen molar-refractivity contribution in [2.24, 2.45) is 5.92 Å². The Balaban J connectivity index is 1.79. The summed E-state index contributed by atoms with van der Waals surface area (Å²) in [7, 11) is 0. The van der Waals surface area contributed by atoms with Gasteiger partial charge in [-0.3, -0.25) is 4.79 Å². The van der Waals surface area contributed by atoms with Gasteiger partial charge >= 0.3 is 5.97 Å². The highest BCUT2D eigenvalue weighted by Gasteiger charge is 2.48. The van der Waals surface area contributed by atoms with Gasteiger partial charge in [0.05, 0.1) is 12.7 Å². The summed E-state index contributed by atoms with van der Waals surface area (Å²) in [5, 5.41) is 8.53.